The Kier molecular flexibility index (Phi) is 13.1. The molecule has 2 aliphatic rings. The third kappa shape index (κ3) is 9.09. The standard InChI is InChI=1S/C94H61N5S3/c1-7-28-81-68(22-1)74-49-56(59-37-43-90-77(52-59)71-25-4-10-31-87(71)100-90)34-40-84(74)97(81)65-19-13-16-62(46-65)80-55-95-96-94(64-18-15-21-67(48-64)99-83-30-9-3-24-70(83)76-51-58(36-42-86(76)99)61-39-45-92-79(54-61)73-27-6-12-33-89(73)102-92)93(80)63-17-14-20-66(47-63)98-82-29-8-2-23-69(82)75-50-57(35-41-85(75)98)60-38-44-91-78(53-60)72-26-5-11-32-88(72)101-91/h1-3,5-9,11-24,26-30,32-55,71,87H,4,10,25,31H2. The molecule has 7 heterocycles. The normalized spacial score (nSPS) is 14.7. The Morgan fingerprint density at radius 1 is 0.294 bits per heavy atom. The number of benzene rings is 14. The Labute approximate surface area is 600 Å². The molecule has 20 aromatic rings. The molecule has 14 aromatic carbocycles. The Bertz CT molecular complexity index is 6910. The van der Waals surface area contributed by atoms with E-state index in [-0.39, 0.29) is 0 Å². The van der Waals surface area contributed by atoms with Gasteiger partial charge in [0.1, 0.15) is 5.69 Å². The van der Waals surface area contributed by atoms with Crippen molar-refractivity contribution in [2.75, 3.05) is 0 Å². The van der Waals surface area contributed by atoms with E-state index in [1.54, 1.807) is 5.56 Å². The molecule has 0 spiro atoms. The van der Waals surface area contributed by atoms with Crippen LogP contribution in [0.5, 0.6) is 0 Å². The average Bonchev–Trinajstić information content (AvgIpc) is 1.59. The van der Waals surface area contributed by atoms with E-state index in [1.165, 1.54) is 148 Å². The van der Waals surface area contributed by atoms with E-state index in [0.717, 1.165) is 77.9 Å². The Morgan fingerprint density at radius 2 is 0.696 bits per heavy atom. The van der Waals surface area contributed by atoms with Gasteiger partial charge in [0.15, 0.2) is 0 Å². The molecule has 8 heteroatoms. The quantitative estimate of drug-likeness (QED) is 0.145. The molecule has 0 radical (unpaired) electrons. The first kappa shape index (κ1) is 58.2. The summed E-state index contributed by atoms with van der Waals surface area (Å²) >= 11 is 5.84. The molecule has 1 saturated carbocycles. The Hall–Kier alpha value is -11.7. The van der Waals surface area contributed by atoms with Crippen molar-refractivity contribution < 1.29 is 0 Å². The van der Waals surface area contributed by atoms with E-state index >= 15 is 0 Å². The average molecular weight is 1360 g/mol. The van der Waals surface area contributed by atoms with Crippen LogP contribution in [0.25, 0.3) is 190 Å². The largest absolute Gasteiger partial charge is 0.309 e. The first-order chi connectivity index (χ1) is 50.5. The highest BCUT2D eigenvalue weighted by Crippen LogP contribution is 2.53. The number of hydrogen-bond acceptors (Lipinski definition) is 5. The van der Waals surface area contributed by atoms with Crippen molar-refractivity contribution in [3.63, 3.8) is 0 Å². The lowest BCUT2D eigenvalue weighted by Gasteiger charge is -2.24. The van der Waals surface area contributed by atoms with E-state index < -0.39 is 0 Å². The molecular weight excluding hydrogens is 1300 g/mol. The number of aromatic nitrogens is 5. The van der Waals surface area contributed by atoms with Gasteiger partial charge in [-0.15, -0.1) is 39.5 Å². The van der Waals surface area contributed by atoms with E-state index in [4.69, 9.17) is 10.2 Å². The number of thioether (sulfide) groups is 1. The highest BCUT2D eigenvalue weighted by Gasteiger charge is 2.35. The fourth-order valence-electron chi connectivity index (χ4n) is 17.5. The lowest BCUT2D eigenvalue weighted by molar-refractivity contribution is 0.461. The predicted molar refractivity (Wildman–Crippen MR) is 434 cm³/mol. The molecule has 1 aliphatic carbocycles. The summed E-state index contributed by atoms with van der Waals surface area (Å²) in [6.07, 6.45) is 7.29. The van der Waals surface area contributed by atoms with E-state index in [1.807, 2.05) is 28.9 Å². The van der Waals surface area contributed by atoms with Crippen molar-refractivity contribution in [2.45, 2.75) is 41.7 Å². The van der Waals surface area contributed by atoms with Gasteiger partial charge in [-0.1, -0.05) is 177 Å². The van der Waals surface area contributed by atoms with Crippen LogP contribution in [0.3, 0.4) is 0 Å². The minimum atomic E-state index is 0.662. The second kappa shape index (κ2) is 22.9. The molecule has 480 valence electrons. The van der Waals surface area contributed by atoms with Gasteiger partial charge in [0, 0.05) is 117 Å². The van der Waals surface area contributed by atoms with Crippen LogP contribution in [0.2, 0.25) is 0 Å². The van der Waals surface area contributed by atoms with Gasteiger partial charge in [0.2, 0.25) is 0 Å². The van der Waals surface area contributed by atoms with E-state index in [2.05, 4.69) is 329 Å². The molecule has 0 amide bonds. The lowest BCUT2D eigenvalue weighted by atomic mass is 9.83. The lowest BCUT2D eigenvalue weighted by Crippen LogP contribution is -2.14. The number of hydrogen-bond donors (Lipinski definition) is 0. The molecule has 22 rings (SSSR count). The maximum absolute atomic E-state index is 5.26. The molecule has 5 nitrogen and oxygen atoms in total. The summed E-state index contributed by atoms with van der Waals surface area (Å²) in [5.74, 6) is 0.662. The fourth-order valence-corrected chi connectivity index (χ4v) is 21.2. The van der Waals surface area contributed by atoms with E-state index in [0.29, 0.717) is 5.92 Å². The number of fused-ring (bicyclic) bond motifs is 18. The molecule has 102 heavy (non-hydrogen) atoms. The van der Waals surface area contributed by atoms with Crippen LogP contribution in [0.15, 0.2) is 314 Å². The van der Waals surface area contributed by atoms with Gasteiger partial charge in [0.05, 0.1) is 39.3 Å². The van der Waals surface area contributed by atoms with Gasteiger partial charge in [-0.05, 0) is 208 Å². The van der Waals surface area contributed by atoms with Gasteiger partial charge in [-0.25, -0.2) is 0 Å². The number of thiophene rings is 2. The van der Waals surface area contributed by atoms with Crippen LogP contribution in [-0.2, 0) is 0 Å². The van der Waals surface area contributed by atoms with Crippen LogP contribution in [0.1, 0.15) is 37.2 Å². The molecular formula is C94H61N5S3. The third-order valence-electron chi connectivity index (χ3n) is 22.2. The number of rotatable bonds is 9. The van der Waals surface area contributed by atoms with Gasteiger partial charge in [0.25, 0.3) is 0 Å². The fraction of sp³-hybridized carbons (Fsp3) is 0.0638. The van der Waals surface area contributed by atoms with Crippen LogP contribution in [-0.4, -0.2) is 29.1 Å². The maximum atomic E-state index is 5.26. The van der Waals surface area contributed by atoms with Crippen molar-refractivity contribution in [3.05, 3.63) is 315 Å². The SMILES string of the molecule is c1cc(-c2cnnc(-c3cccc(-n4c5ccccc5c5cc(-c6ccc7sc8ccccc8c7c6)ccc54)c3)c2-c2cccc(-n3c4ccccc4c4cc(-c5ccc6sc7ccccc7c6c5)ccc43)c2)cc(-n2c3ccccc3c3cc(-c4ccc5c(c4)C4CCCCC4S5)ccc32)c1. The zero-order chi connectivity index (χ0) is 66.7. The van der Waals surface area contributed by atoms with Gasteiger partial charge >= 0.3 is 0 Å². The van der Waals surface area contributed by atoms with Gasteiger partial charge < -0.3 is 13.7 Å². The molecule has 2 atom stereocenters. The summed E-state index contributed by atoms with van der Waals surface area (Å²) in [7, 11) is 0. The van der Waals surface area contributed by atoms with Gasteiger partial charge in [-0.2, -0.15) is 5.10 Å². The Balaban J connectivity index is 0.702. The van der Waals surface area contributed by atoms with Crippen molar-refractivity contribution >= 4 is 140 Å². The summed E-state index contributed by atoms with van der Waals surface area (Å²) in [5.41, 5.74) is 24.9. The van der Waals surface area contributed by atoms with Crippen LogP contribution in [0, 0.1) is 0 Å². The third-order valence-corrected chi connectivity index (χ3v) is 26.0. The van der Waals surface area contributed by atoms with Gasteiger partial charge in [-0.3, -0.25) is 0 Å². The predicted octanol–water partition coefficient (Wildman–Crippen LogP) is 26.6. The van der Waals surface area contributed by atoms with E-state index in [9.17, 15) is 0 Å². The molecule has 1 aliphatic heterocycles. The number of para-hydroxylation sites is 3. The van der Waals surface area contributed by atoms with Crippen molar-refractivity contribution in [1.29, 1.82) is 0 Å². The second-order valence-electron chi connectivity index (χ2n) is 27.8. The maximum Gasteiger partial charge on any atom is 0.101 e. The first-order valence-corrected chi connectivity index (χ1v) is 38.0. The highest BCUT2D eigenvalue weighted by atomic mass is 32.2. The minimum Gasteiger partial charge on any atom is -0.309 e. The van der Waals surface area contributed by atoms with Crippen LogP contribution in [0.4, 0.5) is 0 Å². The van der Waals surface area contributed by atoms with Crippen molar-refractivity contribution in [1.82, 2.24) is 23.9 Å². The summed E-state index contributed by atoms with van der Waals surface area (Å²) in [4.78, 5) is 1.48. The molecule has 1 fully saturated rings. The van der Waals surface area contributed by atoms with Crippen molar-refractivity contribution in [2.24, 2.45) is 0 Å². The topological polar surface area (TPSA) is 40.6 Å². The molecule has 6 aromatic heterocycles. The highest BCUT2D eigenvalue weighted by molar-refractivity contribution is 8.00. The second-order valence-corrected chi connectivity index (χ2v) is 31.3. The van der Waals surface area contributed by atoms with Crippen molar-refractivity contribution in [3.8, 4) is 84.0 Å². The summed E-state index contributed by atoms with van der Waals surface area (Å²) in [5, 5.41) is 23.5. The summed E-state index contributed by atoms with van der Waals surface area (Å²) in [6, 6.07) is 114. The van der Waals surface area contributed by atoms with Crippen LogP contribution < -0.4 is 0 Å². The summed E-state index contributed by atoms with van der Waals surface area (Å²) < 4.78 is 12.6. The summed E-state index contributed by atoms with van der Waals surface area (Å²) in [6.45, 7) is 0. The molecule has 0 N–H and O–H groups in total. The Morgan fingerprint density at radius 3 is 1.24 bits per heavy atom. The minimum absolute atomic E-state index is 0.662. The molecule has 0 saturated heterocycles. The molecule has 0 bridgehead atoms. The van der Waals surface area contributed by atoms with Crippen LogP contribution >= 0.6 is 34.4 Å². The number of nitrogens with zero attached hydrogens (tertiary/aromatic N) is 5. The zero-order valence-corrected chi connectivity index (χ0v) is 57.8. The smallest absolute Gasteiger partial charge is 0.101 e. The zero-order valence-electron chi connectivity index (χ0n) is 55.4. The monoisotopic (exact) mass is 1360 g/mol. The molecule has 2 unspecified atom stereocenters. The first-order valence-electron chi connectivity index (χ1n) is 35.5.